The molecule has 25 heavy (non-hydrogen) atoms. The van der Waals surface area contributed by atoms with Crippen molar-refractivity contribution in [1.29, 1.82) is 0 Å². The normalized spacial score (nSPS) is 19.4. The molecule has 0 unspecified atom stereocenters. The summed E-state index contributed by atoms with van der Waals surface area (Å²) in [6.45, 7) is 4.53. The number of sulfone groups is 1. The van der Waals surface area contributed by atoms with Gasteiger partial charge in [0.1, 0.15) is 0 Å². The van der Waals surface area contributed by atoms with E-state index in [9.17, 15) is 18.0 Å². The first-order valence-electron chi connectivity index (χ1n) is 8.40. The van der Waals surface area contributed by atoms with Gasteiger partial charge < -0.3 is 9.88 Å². The maximum atomic E-state index is 12.8. The van der Waals surface area contributed by atoms with E-state index in [1.807, 2.05) is 13.8 Å². The van der Waals surface area contributed by atoms with E-state index in [0.717, 1.165) is 0 Å². The van der Waals surface area contributed by atoms with Gasteiger partial charge in [-0.1, -0.05) is 32.0 Å². The third-order valence-corrected chi connectivity index (χ3v) is 6.14. The predicted molar refractivity (Wildman–Crippen MR) is 97.6 cm³/mol. The van der Waals surface area contributed by atoms with E-state index in [4.69, 9.17) is 0 Å². The molecule has 134 valence electrons. The molecule has 1 amide bonds. The van der Waals surface area contributed by atoms with Gasteiger partial charge in [-0.05, 0) is 18.4 Å². The number of aromatic nitrogens is 1. The fourth-order valence-electron chi connectivity index (χ4n) is 3.23. The van der Waals surface area contributed by atoms with Crippen molar-refractivity contribution in [1.82, 2.24) is 9.88 Å². The molecule has 2 aromatic rings. The second kappa shape index (κ2) is 6.63. The van der Waals surface area contributed by atoms with Gasteiger partial charge in [-0.25, -0.2) is 8.42 Å². The third-order valence-electron chi connectivity index (χ3n) is 4.37. The quantitative estimate of drug-likeness (QED) is 0.895. The van der Waals surface area contributed by atoms with Crippen molar-refractivity contribution >= 4 is 26.5 Å². The molecule has 0 radical (unpaired) electrons. The van der Waals surface area contributed by atoms with Gasteiger partial charge in [0.05, 0.1) is 17.1 Å². The molecular formula is C18H22N2O4S. The summed E-state index contributed by atoms with van der Waals surface area (Å²) < 4.78 is 24.8. The summed E-state index contributed by atoms with van der Waals surface area (Å²) >= 11 is 0. The van der Waals surface area contributed by atoms with E-state index < -0.39 is 9.84 Å². The van der Waals surface area contributed by atoms with Crippen molar-refractivity contribution in [3.63, 3.8) is 0 Å². The zero-order valence-corrected chi connectivity index (χ0v) is 15.2. The Hall–Kier alpha value is -2.15. The maximum absolute atomic E-state index is 12.8. The summed E-state index contributed by atoms with van der Waals surface area (Å²) in [5, 5.41) is 3.89. The molecule has 3 rings (SSSR count). The van der Waals surface area contributed by atoms with Crippen LogP contribution in [0.3, 0.4) is 0 Å². The summed E-state index contributed by atoms with van der Waals surface area (Å²) in [5.74, 6) is -0.000961. The lowest BCUT2D eigenvalue weighted by Crippen LogP contribution is -2.36. The zero-order valence-electron chi connectivity index (χ0n) is 14.4. The van der Waals surface area contributed by atoms with Crippen LogP contribution >= 0.6 is 0 Å². The maximum Gasteiger partial charge on any atom is 0.258 e. The Morgan fingerprint density at radius 2 is 1.96 bits per heavy atom. The topological polar surface area (TPSA) is 85.2 Å². The lowest BCUT2D eigenvalue weighted by molar-refractivity contribution is 0.0942. The number of nitrogens with one attached hydrogen (secondary N) is 1. The molecule has 0 bridgehead atoms. The molecule has 2 heterocycles. The summed E-state index contributed by atoms with van der Waals surface area (Å²) in [4.78, 5) is 25.4. The van der Waals surface area contributed by atoms with Gasteiger partial charge >= 0.3 is 0 Å². The highest BCUT2D eigenvalue weighted by Gasteiger charge is 2.29. The van der Waals surface area contributed by atoms with Crippen molar-refractivity contribution in [3.05, 3.63) is 46.4 Å². The smallest absolute Gasteiger partial charge is 0.258 e. The first-order valence-corrected chi connectivity index (χ1v) is 10.2. The standard InChI is InChI=1S/C18H22N2O4S/c1-12(2)9-20-10-16(14-5-3-4-6-15(14)18(20)22)17(21)19-13-7-8-25(23,24)11-13/h3-6,10,12-13H,7-9,11H2,1-2H3,(H,19,21)/t13-/m0/s1. The molecule has 1 atom stereocenters. The lowest BCUT2D eigenvalue weighted by Gasteiger charge is -2.16. The van der Waals surface area contributed by atoms with Gasteiger partial charge in [-0.3, -0.25) is 9.59 Å². The SMILES string of the molecule is CC(C)Cn1cc(C(=O)N[C@H]2CCS(=O)(=O)C2)c2ccccc2c1=O. The number of benzene rings is 1. The average molecular weight is 362 g/mol. The Balaban J connectivity index is 2.01. The third kappa shape index (κ3) is 3.76. The van der Waals surface area contributed by atoms with Crippen LogP contribution in [0.25, 0.3) is 10.8 Å². The largest absolute Gasteiger partial charge is 0.348 e. The molecule has 1 fully saturated rings. The number of hydrogen-bond donors (Lipinski definition) is 1. The number of fused-ring (bicyclic) bond motifs is 1. The van der Waals surface area contributed by atoms with Crippen molar-refractivity contribution in [2.45, 2.75) is 32.9 Å². The van der Waals surface area contributed by atoms with E-state index in [1.54, 1.807) is 35.0 Å². The molecule has 1 N–H and O–H groups in total. The van der Waals surface area contributed by atoms with E-state index >= 15 is 0 Å². The molecule has 7 heteroatoms. The highest BCUT2D eigenvalue weighted by atomic mass is 32.2. The van der Waals surface area contributed by atoms with Gasteiger partial charge in [0, 0.05) is 29.6 Å². The van der Waals surface area contributed by atoms with Gasteiger partial charge in [0.25, 0.3) is 11.5 Å². The van der Waals surface area contributed by atoms with Crippen LogP contribution in [0, 0.1) is 5.92 Å². The molecule has 1 saturated heterocycles. The predicted octanol–water partition coefficient (Wildman–Crippen LogP) is 1.57. The number of nitrogens with zero attached hydrogens (tertiary/aromatic N) is 1. The Bertz CT molecular complexity index is 976. The first-order chi connectivity index (χ1) is 11.8. The minimum absolute atomic E-state index is 0.0255. The number of hydrogen-bond acceptors (Lipinski definition) is 4. The summed E-state index contributed by atoms with van der Waals surface area (Å²) in [5.41, 5.74) is 0.282. The Morgan fingerprint density at radius 1 is 1.28 bits per heavy atom. The molecule has 0 spiro atoms. The molecule has 1 aliphatic rings. The van der Waals surface area contributed by atoms with Crippen molar-refractivity contribution < 1.29 is 13.2 Å². The molecule has 1 aromatic carbocycles. The zero-order chi connectivity index (χ0) is 18.2. The molecule has 0 saturated carbocycles. The molecule has 1 aromatic heterocycles. The number of carbonyl (C=O) groups is 1. The summed E-state index contributed by atoms with van der Waals surface area (Å²) in [7, 11) is -3.07. The monoisotopic (exact) mass is 362 g/mol. The van der Waals surface area contributed by atoms with Crippen LogP contribution in [-0.4, -0.2) is 36.4 Å². The van der Waals surface area contributed by atoms with E-state index in [-0.39, 0.29) is 34.9 Å². The highest BCUT2D eigenvalue weighted by Crippen LogP contribution is 2.18. The number of rotatable bonds is 4. The number of pyridine rings is 1. The molecule has 0 aliphatic carbocycles. The molecule has 6 nitrogen and oxygen atoms in total. The fraction of sp³-hybridized carbons (Fsp3) is 0.444. The Kier molecular flexibility index (Phi) is 4.69. The minimum atomic E-state index is -3.07. The Labute approximate surface area is 146 Å². The first kappa shape index (κ1) is 17.7. The van der Waals surface area contributed by atoms with Gasteiger partial charge in [0.15, 0.2) is 9.84 Å². The summed E-state index contributed by atoms with van der Waals surface area (Å²) in [6, 6.07) is 6.64. The highest BCUT2D eigenvalue weighted by molar-refractivity contribution is 7.91. The second-order valence-electron chi connectivity index (χ2n) is 7.01. The van der Waals surface area contributed by atoms with Gasteiger partial charge in [-0.2, -0.15) is 0 Å². The van der Waals surface area contributed by atoms with Crippen LogP contribution in [0.5, 0.6) is 0 Å². The van der Waals surface area contributed by atoms with Crippen LogP contribution in [0.2, 0.25) is 0 Å². The average Bonchev–Trinajstić information content (AvgIpc) is 2.88. The van der Waals surface area contributed by atoms with Crippen LogP contribution in [-0.2, 0) is 16.4 Å². The van der Waals surface area contributed by atoms with Crippen LogP contribution in [0.1, 0.15) is 30.6 Å². The van der Waals surface area contributed by atoms with Crippen molar-refractivity contribution in [2.24, 2.45) is 5.92 Å². The van der Waals surface area contributed by atoms with Gasteiger partial charge in [-0.15, -0.1) is 0 Å². The summed E-state index contributed by atoms with van der Waals surface area (Å²) in [6.07, 6.45) is 2.01. The number of carbonyl (C=O) groups excluding carboxylic acids is 1. The number of amides is 1. The van der Waals surface area contributed by atoms with Crippen LogP contribution < -0.4 is 10.9 Å². The van der Waals surface area contributed by atoms with E-state index in [0.29, 0.717) is 29.3 Å². The Morgan fingerprint density at radius 3 is 2.56 bits per heavy atom. The second-order valence-corrected chi connectivity index (χ2v) is 9.24. The van der Waals surface area contributed by atoms with Gasteiger partial charge in [0.2, 0.25) is 0 Å². The fourth-order valence-corrected chi connectivity index (χ4v) is 4.90. The van der Waals surface area contributed by atoms with E-state index in [2.05, 4.69) is 5.32 Å². The van der Waals surface area contributed by atoms with Crippen LogP contribution in [0.15, 0.2) is 35.3 Å². The van der Waals surface area contributed by atoms with Crippen molar-refractivity contribution in [3.8, 4) is 0 Å². The molecular weight excluding hydrogens is 340 g/mol. The van der Waals surface area contributed by atoms with E-state index in [1.165, 1.54) is 0 Å². The molecule has 1 aliphatic heterocycles. The van der Waals surface area contributed by atoms with Crippen LogP contribution in [0.4, 0.5) is 0 Å². The lowest BCUT2D eigenvalue weighted by atomic mass is 10.1. The minimum Gasteiger partial charge on any atom is -0.348 e. The van der Waals surface area contributed by atoms with Crippen molar-refractivity contribution in [2.75, 3.05) is 11.5 Å².